The number of hydrogen-bond acceptors (Lipinski definition) is 0. The van der Waals surface area contributed by atoms with Gasteiger partial charge in [0, 0.05) is 0 Å². The van der Waals surface area contributed by atoms with Gasteiger partial charge in [0.2, 0.25) is 0 Å². The SMILES string of the molecule is C=CC=C(C=CCC)C(C)(C)C. The molecule has 0 atom stereocenters. The van der Waals surface area contributed by atoms with Crippen LogP contribution in [0.1, 0.15) is 34.1 Å². The first kappa shape index (κ1) is 11.2. The molecule has 0 heteroatoms. The molecule has 0 bridgehead atoms. The van der Waals surface area contributed by atoms with Crippen molar-refractivity contribution in [3.05, 3.63) is 36.5 Å². The van der Waals surface area contributed by atoms with Crippen molar-refractivity contribution in [1.82, 2.24) is 0 Å². The average Bonchev–Trinajstić information content (AvgIpc) is 1.95. The molecule has 0 aromatic heterocycles. The molecule has 0 aliphatic heterocycles. The summed E-state index contributed by atoms with van der Waals surface area (Å²) in [7, 11) is 0. The van der Waals surface area contributed by atoms with Gasteiger partial charge in [-0.2, -0.15) is 0 Å². The number of allylic oxidation sites excluding steroid dienone is 5. The van der Waals surface area contributed by atoms with E-state index in [1.54, 1.807) is 0 Å². The molecule has 0 spiro atoms. The fourth-order valence-electron chi connectivity index (χ4n) is 0.927. The summed E-state index contributed by atoms with van der Waals surface area (Å²) in [6.07, 6.45) is 9.37. The Hall–Kier alpha value is -0.780. The van der Waals surface area contributed by atoms with E-state index in [4.69, 9.17) is 0 Å². The van der Waals surface area contributed by atoms with E-state index in [1.807, 2.05) is 6.08 Å². The largest absolute Gasteiger partial charge is 0.0991 e. The Morgan fingerprint density at radius 1 is 1.33 bits per heavy atom. The van der Waals surface area contributed by atoms with Gasteiger partial charge in [0.25, 0.3) is 0 Å². The van der Waals surface area contributed by atoms with Gasteiger partial charge >= 0.3 is 0 Å². The molecule has 0 nitrogen and oxygen atoms in total. The topological polar surface area (TPSA) is 0 Å². The van der Waals surface area contributed by atoms with Crippen LogP contribution in [0.4, 0.5) is 0 Å². The fraction of sp³-hybridized carbons (Fsp3) is 0.500. The van der Waals surface area contributed by atoms with Crippen LogP contribution >= 0.6 is 0 Å². The molecule has 0 amide bonds. The van der Waals surface area contributed by atoms with Gasteiger partial charge in [0.1, 0.15) is 0 Å². The lowest BCUT2D eigenvalue weighted by atomic mass is 9.86. The molecule has 68 valence electrons. The van der Waals surface area contributed by atoms with Crippen molar-refractivity contribution in [2.24, 2.45) is 5.41 Å². The molecule has 0 N–H and O–H groups in total. The second-order valence-electron chi connectivity index (χ2n) is 3.92. The molecule has 0 heterocycles. The van der Waals surface area contributed by atoms with Crippen LogP contribution in [0.3, 0.4) is 0 Å². The minimum atomic E-state index is 0.222. The molecule has 0 aromatic rings. The quantitative estimate of drug-likeness (QED) is 0.551. The van der Waals surface area contributed by atoms with Crippen molar-refractivity contribution in [1.29, 1.82) is 0 Å². The van der Waals surface area contributed by atoms with Crippen LogP contribution in [0, 0.1) is 5.41 Å². The van der Waals surface area contributed by atoms with Crippen molar-refractivity contribution in [2.45, 2.75) is 34.1 Å². The van der Waals surface area contributed by atoms with Crippen LogP contribution in [-0.2, 0) is 0 Å². The molecular formula is C12H20. The third kappa shape index (κ3) is 4.17. The van der Waals surface area contributed by atoms with Crippen LogP contribution in [0.2, 0.25) is 0 Å². The molecule has 0 aromatic carbocycles. The molecule has 0 unspecified atom stereocenters. The molecular weight excluding hydrogens is 144 g/mol. The lowest BCUT2D eigenvalue weighted by molar-refractivity contribution is 0.517. The van der Waals surface area contributed by atoms with E-state index in [0.717, 1.165) is 6.42 Å². The Morgan fingerprint density at radius 2 is 1.92 bits per heavy atom. The Kier molecular flexibility index (Phi) is 4.65. The van der Waals surface area contributed by atoms with Gasteiger partial charge in [0.15, 0.2) is 0 Å². The van der Waals surface area contributed by atoms with E-state index < -0.39 is 0 Å². The maximum absolute atomic E-state index is 3.71. The van der Waals surface area contributed by atoms with Crippen molar-refractivity contribution in [2.75, 3.05) is 0 Å². The molecule has 0 rings (SSSR count). The average molecular weight is 164 g/mol. The highest BCUT2D eigenvalue weighted by Gasteiger charge is 2.12. The number of hydrogen-bond donors (Lipinski definition) is 0. The van der Waals surface area contributed by atoms with Gasteiger partial charge in [0.05, 0.1) is 0 Å². The summed E-state index contributed by atoms with van der Waals surface area (Å²) in [6, 6.07) is 0. The van der Waals surface area contributed by atoms with E-state index in [9.17, 15) is 0 Å². The minimum Gasteiger partial charge on any atom is -0.0991 e. The zero-order valence-corrected chi connectivity index (χ0v) is 8.72. The third-order valence-corrected chi connectivity index (χ3v) is 1.70. The van der Waals surface area contributed by atoms with Gasteiger partial charge in [-0.25, -0.2) is 0 Å². The Bertz CT molecular complexity index is 187. The maximum atomic E-state index is 3.71. The van der Waals surface area contributed by atoms with Gasteiger partial charge in [-0.3, -0.25) is 0 Å². The Balaban J connectivity index is 4.57. The summed E-state index contributed by atoms with van der Waals surface area (Å²) in [5.74, 6) is 0. The smallest absolute Gasteiger partial charge is 0.0132 e. The Morgan fingerprint density at radius 3 is 2.25 bits per heavy atom. The molecule has 12 heavy (non-hydrogen) atoms. The summed E-state index contributed by atoms with van der Waals surface area (Å²) in [4.78, 5) is 0. The molecule has 0 saturated heterocycles. The van der Waals surface area contributed by atoms with Gasteiger partial charge in [-0.15, -0.1) is 0 Å². The van der Waals surface area contributed by atoms with E-state index >= 15 is 0 Å². The summed E-state index contributed by atoms with van der Waals surface area (Å²) < 4.78 is 0. The molecule has 0 radical (unpaired) electrons. The summed E-state index contributed by atoms with van der Waals surface area (Å²) in [5.41, 5.74) is 1.55. The highest BCUT2D eigenvalue weighted by molar-refractivity contribution is 5.27. The van der Waals surface area contributed by atoms with Gasteiger partial charge in [-0.1, -0.05) is 58.6 Å². The first-order valence-corrected chi connectivity index (χ1v) is 4.52. The maximum Gasteiger partial charge on any atom is -0.0132 e. The lowest BCUT2D eigenvalue weighted by Crippen LogP contribution is -2.07. The normalized spacial score (nSPS) is 13.8. The highest BCUT2D eigenvalue weighted by atomic mass is 14.2. The summed E-state index contributed by atoms with van der Waals surface area (Å²) >= 11 is 0. The van der Waals surface area contributed by atoms with Crippen molar-refractivity contribution >= 4 is 0 Å². The first-order chi connectivity index (χ1) is 5.52. The minimum absolute atomic E-state index is 0.222. The highest BCUT2D eigenvalue weighted by Crippen LogP contribution is 2.26. The van der Waals surface area contributed by atoms with E-state index in [2.05, 4.69) is 52.5 Å². The number of rotatable bonds is 3. The fourth-order valence-corrected chi connectivity index (χ4v) is 0.927. The van der Waals surface area contributed by atoms with Crippen molar-refractivity contribution in [3.63, 3.8) is 0 Å². The van der Waals surface area contributed by atoms with Crippen LogP contribution < -0.4 is 0 Å². The second-order valence-corrected chi connectivity index (χ2v) is 3.92. The Labute approximate surface area is 76.7 Å². The molecule has 0 saturated carbocycles. The van der Waals surface area contributed by atoms with Crippen molar-refractivity contribution < 1.29 is 0 Å². The summed E-state index contributed by atoms with van der Waals surface area (Å²) in [5, 5.41) is 0. The predicted octanol–water partition coefficient (Wildman–Crippen LogP) is 4.11. The standard InChI is InChI=1S/C12H20/c1-6-8-10-11(9-7-2)12(3,4)5/h7-10H,2,6H2,1,3-5H3. The van der Waals surface area contributed by atoms with Crippen LogP contribution in [0.15, 0.2) is 36.5 Å². The van der Waals surface area contributed by atoms with Crippen LogP contribution in [-0.4, -0.2) is 0 Å². The first-order valence-electron chi connectivity index (χ1n) is 4.52. The molecule has 0 aliphatic rings. The zero-order valence-electron chi connectivity index (χ0n) is 8.72. The molecule has 0 fully saturated rings. The van der Waals surface area contributed by atoms with Crippen LogP contribution in [0.25, 0.3) is 0 Å². The second kappa shape index (κ2) is 4.97. The lowest BCUT2D eigenvalue weighted by Gasteiger charge is -2.19. The molecule has 0 aliphatic carbocycles. The predicted molar refractivity (Wildman–Crippen MR) is 57.2 cm³/mol. The zero-order chi connectivity index (χ0) is 9.61. The van der Waals surface area contributed by atoms with Crippen LogP contribution in [0.5, 0.6) is 0 Å². The van der Waals surface area contributed by atoms with Gasteiger partial charge in [-0.05, 0) is 17.4 Å². The van der Waals surface area contributed by atoms with E-state index in [0.29, 0.717) is 0 Å². The monoisotopic (exact) mass is 164 g/mol. The van der Waals surface area contributed by atoms with E-state index in [-0.39, 0.29) is 5.41 Å². The van der Waals surface area contributed by atoms with E-state index in [1.165, 1.54) is 5.57 Å². The van der Waals surface area contributed by atoms with Gasteiger partial charge < -0.3 is 0 Å². The summed E-state index contributed by atoms with van der Waals surface area (Å²) in [6.45, 7) is 12.5. The van der Waals surface area contributed by atoms with Crippen molar-refractivity contribution in [3.8, 4) is 0 Å². The third-order valence-electron chi connectivity index (χ3n) is 1.70.